The minimum atomic E-state index is -4.14. The molecule has 0 saturated carbocycles. The molecule has 0 saturated heterocycles. The van der Waals surface area contributed by atoms with Crippen molar-refractivity contribution in [1.82, 2.24) is 10.2 Å². The molecule has 45 heavy (non-hydrogen) atoms. The number of nitrogens with zero attached hydrogens (tertiary/aromatic N) is 2. The Bertz CT molecular complexity index is 1690. The van der Waals surface area contributed by atoms with Crippen molar-refractivity contribution in [2.75, 3.05) is 17.4 Å². The Morgan fingerprint density at radius 2 is 1.36 bits per heavy atom. The van der Waals surface area contributed by atoms with E-state index in [-0.39, 0.29) is 29.7 Å². The molecule has 2 amide bonds. The van der Waals surface area contributed by atoms with E-state index in [2.05, 4.69) is 5.32 Å². The lowest BCUT2D eigenvalue weighted by atomic mass is 10.0. The molecule has 8 heteroatoms. The van der Waals surface area contributed by atoms with Gasteiger partial charge in [0.15, 0.2) is 0 Å². The summed E-state index contributed by atoms with van der Waals surface area (Å²) in [6.07, 6.45) is 0.275. The molecule has 0 aromatic heterocycles. The molecule has 0 heterocycles. The molecule has 0 spiro atoms. The monoisotopic (exact) mass is 625 g/mol. The van der Waals surface area contributed by atoms with E-state index in [1.807, 2.05) is 101 Å². The molecule has 0 fully saturated rings. The Kier molecular flexibility index (Phi) is 11.2. The van der Waals surface area contributed by atoms with Crippen molar-refractivity contribution in [2.24, 2.45) is 5.92 Å². The molecule has 7 nitrogen and oxygen atoms in total. The van der Waals surface area contributed by atoms with Gasteiger partial charge in [-0.15, -0.1) is 0 Å². The lowest BCUT2D eigenvalue weighted by molar-refractivity contribution is -0.140. The van der Waals surface area contributed by atoms with E-state index in [0.717, 1.165) is 32.1 Å². The Balaban J connectivity index is 1.80. The van der Waals surface area contributed by atoms with E-state index in [9.17, 15) is 18.0 Å². The highest BCUT2D eigenvalue weighted by molar-refractivity contribution is 7.92. The minimum Gasteiger partial charge on any atom is -0.354 e. The van der Waals surface area contributed by atoms with E-state index in [0.29, 0.717) is 12.2 Å². The molecule has 0 aliphatic rings. The Labute approximate surface area is 268 Å². The summed E-state index contributed by atoms with van der Waals surface area (Å²) in [5.74, 6) is -0.547. The fraction of sp³-hybridized carbons (Fsp3) is 0.297. The predicted octanol–water partition coefficient (Wildman–Crippen LogP) is 6.22. The summed E-state index contributed by atoms with van der Waals surface area (Å²) >= 11 is 0. The second-order valence-electron chi connectivity index (χ2n) is 11.9. The number of nitrogens with one attached hydrogen (secondary N) is 1. The summed E-state index contributed by atoms with van der Waals surface area (Å²) < 4.78 is 29.6. The van der Waals surface area contributed by atoms with Crippen molar-refractivity contribution in [3.63, 3.8) is 0 Å². The first kappa shape index (κ1) is 33.5. The van der Waals surface area contributed by atoms with Gasteiger partial charge in [0, 0.05) is 19.5 Å². The lowest BCUT2D eigenvalue weighted by Crippen LogP contribution is -2.53. The van der Waals surface area contributed by atoms with Gasteiger partial charge in [-0.25, -0.2) is 8.42 Å². The van der Waals surface area contributed by atoms with Gasteiger partial charge in [-0.1, -0.05) is 98.3 Å². The standard InChI is InChI=1S/C37H43N3O4S/c1-27(2)24-38-37(42)35(23-31-12-8-6-9-13-31)39(25-32-14-10-7-11-15-32)36(41)26-40(33-19-18-29(4)30(5)22-33)45(43,44)34-20-16-28(3)17-21-34/h6-22,27,35H,23-26H2,1-5H3,(H,38,42)/t35-/m1/s1. The summed E-state index contributed by atoms with van der Waals surface area (Å²) in [7, 11) is -4.14. The van der Waals surface area contributed by atoms with Crippen LogP contribution in [0.1, 0.15) is 41.7 Å². The molecule has 1 atom stereocenters. The summed E-state index contributed by atoms with van der Waals surface area (Å²) in [4.78, 5) is 30.0. The van der Waals surface area contributed by atoms with Crippen LogP contribution in [-0.2, 0) is 32.6 Å². The van der Waals surface area contributed by atoms with Crippen molar-refractivity contribution >= 4 is 27.5 Å². The topological polar surface area (TPSA) is 86.8 Å². The number of hydrogen-bond acceptors (Lipinski definition) is 4. The van der Waals surface area contributed by atoms with Gasteiger partial charge >= 0.3 is 0 Å². The molecule has 4 aromatic carbocycles. The lowest BCUT2D eigenvalue weighted by Gasteiger charge is -2.34. The van der Waals surface area contributed by atoms with E-state index in [1.54, 1.807) is 36.4 Å². The Morgan fingerprint density at radius 1 is 0.756 bits per heavy atom. The Hall–Kier alpha value is -4.43. The number of rotatable bonds is 13. The van der Waals surface area contributed by atoms with Crippen LogP contribution in [0.5, 0.6) is 0 Å². The van der Waals surface area contributed by atoms with Crippen LogP contribution in [0.15, 0.2) is 108 Å². The first-order chi connectivity index (χ1) is 21.5. The zero-order chi connectivity index (χ0) is 32.6. The quantitative estimate of drug-likeness (QED) is 0.191. The number of hydrogen-bond donors (Lipinski definition) is 1. The molecule has 1 N–H and O–H groups in total. The Morgan fingerprint density at radius 3 is 1.93 bits per heavy atom. The van der Waals surface area contributed by atoms with Crippen LogP contribution in [0.4, 0.5) is 5.69 Å². The third-order valence-corrected chi connectivity index (χ3v) is 9.61. The van der Waals surface area contributed by atoms with Crippen LogP contribution in [-0.4, -0.2) is 44.3 Å². The van der Waals surface area contributed by atoms with Gasteiger partial charge in [-0.3, -0.25) is 13.9 Å². The van der Waals surface area contributed by atoms with Crippen molar-refractivity contribution in [3.8, 4) is 0 Å². The number of benzene rings is 4. The summed E-state index contributed by atoms with van der Waals surface area (Å²) in [5, 5.41) is 3.02. The number of carbonyl (C=O) groups excluding carboxylic acids is 2. The van der Waals surface area contributed by atoms with Crippen LogP contribution in [0, 0.1) is 26.7 Å². The molecular weight excluding hydrogens is 582 g/mol. The van der Waals surface area contributed by atoms with Crippen LogP contribution in [0.2, 0.25) is 0 Å². The van der Waals surface area contributed by atoms with Crippen molar-refractivity contribution in [2.45, 2.75) is 58.5 Å². The zero-order valence-corrected chi connectivity index (χ0v) is 27.6. The first-order valence-corrected chi connectivity index (χ1v) is 16.7. The molecule has 0 aliphatic carbocycles. The van der Waals surface area contributed by atoms with Gasteiger partial charge in [-0.05, 0) is 73.2 Å². The highest BCUT2D eigenvalue weighted by atomic mass is 32.2. The summed E-state index contributed by atoms with van der Waals surface area (Å²) in [6, 6.07) is 30.1. The largest absolute Gasteiger partial charge is 0.354 e. The average molecular weight is 626 g/mol. The highest BCUT2D eigenvalue weighted by Gasteiger charge is 2.34. The molecule has 0 unspecified atom stereocenters. The van der Waals surface area contributed by atoms with Crippen LogP contribution in [0.25, 0.3) is 0 Å². The molecule has 0 radical (unpaired) electrons. The van der Waals surface area contributed by atoms with Gasteiger partial charge in [-0.2, -0.15) is 0 Å². The number of amides is 2. The maximum Gasteiger partial charge on any atom is 0.264 e. The maximum absolute atomic E-state index is 14.5. The number of anilines is 1. The van der Waals surface area contributed by atoms with Gasteiger partial charge in [0.2, 0.25) is 11.8 Å². The fourth-order valence-electron chi connectivity index (χ4n) is 5.00. The molecule has 4 aromatic rings. The van der Waals surface area contributed by atoms with E-state index in [1.165, 1.54) is 4.90 Å². The van der Waals surface area contributed by atoms with Gasteiger partial charge in [0.05, 0.1) is 10.6 Å². The fourth-order valence-corrected chi connectivity index (χ4v) is 6.41. The SMILES string of the molecule is Cc1ccc(S(=O)(=O)N(CC(=O)N(Cc2ccccc2)[C@H](Cc2ccccc2)C(=O)NCC(C)C)c2ccc(C)c(C)c2)cc1. The third-order valence-electron chi connectivity index (χ3n) is 7.82. The van der Waals surface area contributed by atoms with Crippen LogP contribution >= 0.6 is 0 Å². The summed E-state index contributed by atoms with van der Waals surface area (Å²) in [5.41, 5.74) is 4.95. The smallest absolute Gasteiger partial charge is 0.264 e. The minimum absolute atomic E-state index is 0.0873. The first-order valence-electron chi connectivity index (χ1n) is 15.3. The molecule has 0 aliphatic heterocycles. The van der Waals surface area contributed by atoms with Gasteiger partial charge < -0.3 is 10.2 Å². The van der Waals surface area contributed by atoms with E-state index in [4.69, 9.17) is 0 Å². The second-order valence-corrected chi connectivity index (χ2v) is 13.8. The van der Waals surface area contributed by atoms with Crippen LogP contribution in [0.3, 0.4) is 0 Å². The highest BCUT2D eigenvalue weighted by Crippen LogP contribution is 2.27. The number of sulfonamides is 1. The third kappa shape index (κ3) is 8.82. The zero-order valence-electron chi connectivity index (χ0n) is 26.7. The number of carbonyl (C=O) groups is 2. The molecular formula is C37H43N3O4S. The van der Waals surface area contributed by atoms with Gasteiger partial charge in [0.25, 0.3) is 10.0 Å². The molecule has 0 bridgehead atoms. The maximum atomic E-state index is 14.5. The van der Waals surface area contributed by atoms with E-state index < -0.39 is 28.5 Å². The predicted molar refractivity (Wildman–Crippen MR) is 180 cm³/mol. The average Bonchev–Trinajstić information content (AvgIpc) is 3.02. The summed E-state index contributed by atoms with van der Waals surface area (Å²) in [6.45, 7) is 9.88. The number of aryl methyl sites for hydroxylation is 3. The molecule has 236 valence electrons. The van der Waals surface area contributed by atoms with Crippen LogP contribution < -0.4 is 9.62 Å². The van der Waals surface area contributed by atoms with Crippen molar-refractivity contribution in [3.05, 3.63) is 131 Å². The molecule has 4 rings (SSSR count). The van der Waals surface area contributed by atoms with E-state index >= 15 is 0 Å². The van der Waals surface area contributed by atoms with Gasteiger partial charge in [0.1, 0.15) is 12.6 Å². The normalized spacial score (nSPS) is 12.0. The second kappa shape index (κ2) is 15.0. The van der Waals surface area contributed by atoms with Crippen molar-refractivity contribution < 1.29 is 18.0 Å². The van der Waals surface area contributed by atoms with Crippen molar-refractivity contribution in [1.29, 1.82) is 0 Å².